The van der Waals surface area contributed by atoms with E-state index in [0.717, 1.165) is 31.0 Å². The normalized spacial score (nSPS) is 17.0. The molecule has 3 rings (SSSR count). The smallest absolute Gasteiger partial charge is 0.252 e. The topological polar surface area (TPSA) is 29.1 Å². The molecule has 0 spiro atoms. The molecule has 0 bridgehead atoms. The number of fused-ring (bicyclic) bond motifs is 1. The van der Waals surface area contributed by atoms with Gasteiger partial charge in [-0.1, -0.05) is 53.0 Å². The van der Waals surface area contributed by atoms with Crippen molar-refractivity contribution < 1.29 is 9.18 Å². The Hall–Kier alpha value is -1.42. The minimum atomic E-state index is -0.293. The van der Waals surface area contributed by atoms with Gasteiger partial charge in [0.2, 0.25) is 0 Å². The van der Waals surface area contributed by atoms with Gasteiger partial charge < -0.3 is 5.32 Å². The Bertz CT molecular complexity index is 680. The Balaban J connectivity index is 1.97. The second-order valence-electron chi connectivity index (χ2n) is 5.72. The number of benzene rings is 2. The van der Waals surface area contributed by atoms with Crippen molar-refractivity contribution in [2.75, 3.05) is 5.33 Å². The molecule has 1 aliphatic rings. The van der Waals surface area contributed by atoms with Crippen LogP contribution < -0.4 is 5.32 Å². The van der Waals surface area contributed by atoms with Crippen molar-refractivity contribution in [1.82, 2.24) is 5.32 Å². The zero-order chi connectivity index (χ0) is 14.9. The molecule has 110 valence electrons. The molecular weight excluding hydrogens is 333 g/mol. The summed E-state index contributed by atoms with van der Waals surface area (Å²) in [5.74, 6) is -0.411. The van der Waals surface area contributed by atoms with Crippen molar-refractivity contribution in [1.29, 1.82) is 0 Å². The minimum Gasteiger partial charge on any atom is -0.346 e. The Labute approximate surface area is 131 Å². The maximum atomic E-state index is 13.8. The molecule has 21 heavy (non-hydrogen) atoms. The van der Waals surface area contributed by atoms with Gasteiger partial charge >= 0.3 is 0 Å². The van der Waals surface area contributed by atoms with E-state index in [1.54, 1.807) is 24.3 Å². The van der Waals surface area contributed by atoms with E-state index in [2.05, 4.69) is 21.2 Å². The summed E-state index contributed by atoms with van der Waals surface area (Å²) in [6.45, 7) is 0. The highest BCUT2D eigenvalue weighted by molar-refractivity contribution is 9.09. The lowest BCUT2D eigenvalue weighted by Gasteiger charge is -2.28. The number of amides is 1. The number of carbonyl (C=O) groups excluding carboxylic acids is 1. The summed E-state index contributed by atoms with van der Waals surface area (Å²) >= 11 is 3.52. The van der Waals surface area contributed by atoms with Crippen LogP contribution in [0.15, 0.2) is 36.4 Å². The molecule has 1 aliphatic carbocycles. The quantitative estimate of drug-likeness (QED) is 0.816. The molecule has 2 aromatic carbocycles. The first kappa shape index (κ1) is 14.5. The molecule has 1 N–H and O–H groups in total. The average molecular weight is 350 g/mol. The summed E-state index contributed by atoms with van der Waals surface area (Å²) in [7, 11) is 0. The van der Waals surface area contributed by atoms with Crippen LogP contribution in [0, 0.1) is 5.82 Å². The van der Waals surface area contributed by atoms with Crippen LogP contribution in [0.4, 0.5) is 4.39 Å². The van der Waals surface area contributed by atoms with Gasteiger partial charge in [-0.15, -0.1) is 0 Å². The second-order valence-corrected chi connectivity index (χ2v) is 6.28. The first-order chi connectivity index (χ1) is 10.2. The fraction of sp³-hybridized carbons (Fsp3) is 0.353. The first-order valence-electron chi connectivity index (χ1n) is 7.21. The van der Waals surface area contributed by atoms with Gasteiger partial charge in [0.05, 0.1) is 5.54 Å². The number of halogens is 2. The standard InChI is InChI=1S/C17H17BrFNO/c18-11-17(9-3-4-10-17)20-16(21)14-7-8-15(19)13-6-2-1-5-12(13)14/h1-2,5-8H,3-4,9-11H2,(H,20,21). The van der Waals surface area contributed by atoms with E-state index in [1.165, 1.54) is 6.07 Å². The molecule has 4 heteroatoms. The van der Waals surface area contributed by atoms with Crippen molar-refractivity contribution in [2.24, 2.45) is 0 Å². The van der Waals surface area contributed by atoms with E-state index in [1.807, 2.05) is 6.07 Å². The van der Waals surface area contributed by atoms with Gasteiger partial charge in [0, 0.05) is 16.3 Å². The molecule has 0 saturated heterocycles. The summed E-state index contributed by atoms with van der Waals surface area (Å²) in [5.41, 5.74) is 0.381. The van der Waals surface area contributed by atoms with Crippen molar-refractivity contribution in [3.8, 4) is 0 Å². The molecule has 2 nitrogen and oxygen atoms in total. The number of alkyl halides is 1. The van der Waals surface area contributed by atoms with E-state index < -0.39 is 0 Å². The molecule has 0 radical (unpaired) electrons. The van der Waals surface area contributed by atoms with Crippen LogP contribution in [0.2, 0.25) is 0 Å². The summed E-state index contributed by atoms with van der Waals surface area (Å²) in [6, 6.07) is 10.1. The maximum absolute atomic E-state index is 13.8. The highest BCUT2D eigenvalue weighted by atomic mass is 79.9. The van der Waals surface area contributed by atoms with E-state index in [9.17, 15) is 9.18 Å². The van der Waals surface area contributed by atoms with Crippen molar-refractivity contribution in [3.05, 3.63) is 47.8 Å². The predicted molar refractivity (Wildman–Crippen MR) is 86.4 cm³/mol. The Morgan fingerprint density at radius 1 is 1.14 bits per heavy atom. The first-order valence-corrected chi connectivity index (χ1v) is 8.33. The molecule has 0 aliphatic heterocycles. The Morgan fingerprint density at radius 2 is 1.81 bits per heavy atom. The van der Waals surface area contributed by atoms with E-state index in [-0.39, 0.29) is 17.3 Å². The summed E-state index contributed by atoms with van der Waals surface area (Å²) < 4.78 is 13.8. The lowest BCUT2D eigenvalue weighted by Crippen LogP contribution is -2.47. The summed E-state index contributed by atoms with van der Waals surface area (Å²) in [4.78, 5) is 12.6. The van der Waals surface area contributed by atoms with Crippen LogP contribution in [0.5, 0.6) is 0 Å². The maximum Gasteiger partial charge on any atom is 0.252 e. The number of carbonyl (C=O) groups is 1. The summed E-state index contributed by atoms with van der Waals surface area (Å²) in [6.07, 6.45) is 4.25. The van der Waals surface area contributed by atoms with Crippen LogP contribution >= 0.6 is 15.9 Å². The van der Waals surface area contributed by atoms with Gasteiger partial charge in [-0.05, 0) is 30.4 Å². The van der Waals surface area contributed by atoms with Crippen LogP contribution in [-0.2, 0) is 0 Å². The number of nitrogens with one attached hydrogen (secondary N) is 1. The van der Waals surface area contributed by atoms with Gasteiger partial charge in [0.15, 0.2) is 0 Å². The monoisotopic (exact) mass is 349 g/mol. The third-order valence-corrected chi connectivity index (χ3v) is 5.38. The van der Waals surface area contributed by atoms with Crippen LogP contribution in [0.3, 0.4) is 0 Å². The van der Waals surface area contributed by atoms with Crippen molar-refractivity contribution >= 4 is 32.6 Å². The predicted octanol–water partition coefficient (Wildman–Crippen LogP) is 4.42. The molecule has 2 aromatic rings. The van der Waals surface area contributed by atoms with Gasteiger partial charge in [-0.25, -0.2) is 4.39 Å². The fourth-order valence-corrected chi connectivity index (χ4v) is 3.81. The molecule has 1 amide bonds. The number of hydrogen-bond acceptors (Lipinski definition) is 1. The lowest BCUT2D eigenvalue weighted by molar-refractivity contribution is 0.0912. The molecule has 1 fully saturated rings. The number of hydrogen-bond donors (Lipinski definition) is 1. The molecule has 1 saturated carbocycles. The largest absolute Gasteiger partial charge is 0.346 e. The molecule has 0 unspecified atom stereocenters. The van der Waals surface area contributed by atoms with Crippen molar-refractivity contribution in [2.45, 2.75) is 31.2 Å². The van der Waals surface area contributed by atoms with Crippen LogP contribution in [0.1, 0.15) is 36.0 Å². The van der Waals surface area contributed by atoms with E-state index >= 15 is 0 Å². The molecule has 0 atom stereocenters. The van der Waals surface area contributed by atoms with Crippen LogP contribution in [0.25, 0.3) is 10.8 Å². The fourth-order valence-electron chi connectivity index (χ4n) is 3.11. The third-order valence-electron chi connectivity index (χ3n) is 4.31. The van der Waals surface area contributed by atoms with Gasteiger partial charge in [0.1, 0.15) is 5.82 Å². The lowest BCUT2D eigenvalue weighted by atomic mass is 9.98. The Morgan fingerprint density at radius 3 is 2.48 bits per heavy atom. The SMILES string of the molecule is O=C(NC1(CBr)CCCC1)c1ccc(F)c2ccccc12. The zero-order valence-corrected chi connectivity index (χ0v) is 13.2. The third kappa shape index (κ3) is 2.69. The van der Waals surface area contributed by atoms with Gasteiger partial charge in [0.25, 0.3) is 5.91 Å². The van der Waals surface area contributed by atoms with Gasteiger partial charge in [-0.2, -0.15) is 0 Å². The average Bonchev–Trinajstić information content (AvgIpc) is 2.97. The molecule has 0 aromatic heterocycles. The van der Waals surface area contributed by atoms with Crippen LogP contribution in [-0.4, -0.2) is 16.8 Å². The molecule has 0 heterocycles. The zero-order valence-electron chi connectivity index (χ0n) is 11.7. The van der Waals surface area contributed by atoms with Crippen molar-refractivity contribution in [3.63, 3.8) is 0 Å². The second kappa shape index (κ2) is 5.76. The number of rotatable bonds is 3. The highest BCUT2D eigenvalue weighted by Gasteiger charge is 2.34. The highest BCUT2D eigenvalue weighted by Crippen LogP contribution is 2.32. The van der Waals surface area contributed by atoms with Gasteiger partial charge in [-0.3, -0.25) is 4.79 Å². The summed E-state index contributed by atoms with van der Waals surface area (Å²) in [5, 5.41) is 5.07. The minimum absolute atomic E-state index is 0.118. The van der Waals surface area contributed by atoms with E-state index in [0.29, 0.717) is 16.3 Å². The molecular formula is C17H17BrFNO. The Kier molecular flexibility index (Phi) is 3.98. The van der Waals surface area contributed by atoms with E-state index in [4.69, 9.17) is 0 Å².